The van der Waals surface area contributed by atoms with Gasteiger partial charge in [0.25, 0.3) is 0 Å². The topological polar surface area (TPSA) is 85.8 Å². The Morgan fingerprint density at radius 1 is 1.11 bits per heavy atom. The molecule has 0 aliphatic heterocycles. The zero-order valence-electron chi connectivity index (χ0n) is 17.1. The van der Waals surface area contributed by atoms with Gasteiger partial charge in [-0.1, -0.05) is 18.2 Å². The Labute approximate surface area is 181 Å². The largest absolute Gasteiger partial charge is 0.355 e. The van der Waals surface area contributed by atoms with Gasteiger partial charge in [0.1, 0.15) is 0 Å². The number of guanidine groups is 1. The van der Waals surface area contributed by atoms with Crippen molar-refractivity contribution >= 4 is 45.6 Å². The van der Waals surface area contributed by atoms with Gasteiger partial charge in [-0.2, -0.15) is 0 Å². The van der Waals surface area contributed by atoms with Crippen LogP contribution in [0.3, 0.4) is 0 Å². The number of anilines is 1. The maximum atomic E-state index is 11.5. The smallest absolute Gasteiger partial charge is 0.229 e. The lowest BCUT2D eigenvalue weighted by Crippen LogP contribution is -2.45. The minimum atomic E-state index is -3.31. The van der Waals surface area contributed by atoms with Crippen LogP contribution in [0.1, 0.15) is 33.3 Å². The molecule has 0 heterocycles. The molecule has 1 rings (SSSR count). The minimum absolute atomic E-state index is 0. The molecule has 27 heavy (non-hydrogen) atoms. The Morgan fingerprint density at radius 2 is 1.70 bits per heavy atom. The van der Waals surface area contributed by atoms with Crippen LogP contribution in [0.5, 0.6) is 0 Å². The van der Waals surface area contributed by atoms with Crippen molar-refractivity contribution in [3.05, 3.63) is 29.8 Å². The Bertz CT molecular complexity index is 685. The van der Waals surface area contributed by atoms with Crippen molar-refractivity contribution in [2.24, 2.45) is 4.99 Å². The van der Waals surface area contributed by atoms with Gasteiger partial charge >= 0.3 is 0 Å². The number of hydrogen-bond acceptors (Lipinski definition) is 4. The zero-order chi connectivity index (χ0) is 19.7. The number of halogens is 1. The van der Waals surface area contributed by atoms with Crippen molar-refractivity contribution in [1.82, 2.24) is 15.5 Å². The maximum absolute atomic E-state index is 11.5. The molecule has 0 fully saturated rings. The summed E-state index contributed by atoms with van der Waals surface area (Å²) >= 11 is 0. The molecular formula is C18H34IN5O2S. The van der Waals surface area contributed by atoms with Gasteiger partial charge in [-0.3, -0.25) is 14.6 Å². The fraction of sp³-hybridized carbons (Fsp3) is 0.611. The summed E-state index contributed by atoms with van der Waals surface area (Å²) in [5, 5.41) is 6.54. The molecule has 1 aromatic carbocycles. The second kappa shape index (κ2) is 12.4. The summed E-state index contributed by atoms with van der Waals surface area (Å²) in [5.74, 6) is 0.687. The van der Waals surface area contributed by atoms with Crippen LogP contribution in [-0.4, -0.2) is 57.8 Å². The Hall–Kier alpha value is -1.07. The van der Waals surface area contributed by atoms with Gasteiger partial charge in [0.05, 0.1) is 11.9 Å². The third kappa shape index (κ3) is 10.2. The molecule has 0 atom stereocenters. The standard InChI is InChI=1S/C18H33N5O2S.HI/c1-14(2)23(15(3)4)12-11-20-18(19-5)21-13-16-9-7-8-10-17(16)22-26(6,24)25;/h7-10,14-15,22H,11-13H2,1-6H3,(H2,19,20,21);1H. The van der Waals surface area contributed by atoms with Crippen LogP contribution in [0.25, 0.3) is 0 Å². The molecule has 0 bridgehead atoms. The first-order valence-electron chi connectivity index (χ1n) is 8.90. The van der Waals surface area contributed by atoms with E-state index in [2.05, 4.69) is 52.9 Å². The summed E-state index contributed by atoms with van der Waals surface area (Å²) in [6.45, 7) is 10.9. The van der Waals surface area contributed by atoms with E-state index in [1.807, 2.05) is 12.1 Å². The van der Waals surface area contributed by atoms with Crippen LogP contribution in [0.2, 0.25) is 0 Å². The summed E-state index contributed by atoms with van der Waals surface area (Å²) in [7, 11) is -1.59. The van der Waals surface area contributed by atoms with Gasteiger partial charge in [-0.05, 0) is 39.3 Å². The summed E-state index contributed by atoms with van der Waals surface area (Å²) in [4.78, 5) is 6.64. The van der Waals surface area contributed by atoms with E-state index in [9.17, 15) is 8.42 Å². The Morgan fingerprint density at radius 3 is 2.22 bits per heavy atom. The summed E-state index contributed by atoms with van der Waals surface area (Å²) in [6, 6.07) is 8.28. The van der Waals surface area contributed by atoms with Crippen molar-refractivity contribution in [3.8, 4) is 0 Å². The van der Waals surface area contributed by atoms with Crippen molar-refractivity contribution in [2.75, 3.05) is 31.1 Å². The van der Waals surface area contributed by atoms with E-state index in [1.165, 1.54) is 0 Å². The highest BCUT2D eigenvalue weighted by atomic mass is 127. The molecule has 0 amide bonds. The number of rotatable bonds is 9. The van der Waals surface area contributed by atoms with Crippen LogP contribution < -0.4 is 15.4 Å². The number of sulfonamides is 1. The summed E-state index contributed by atoms with van der Waals surface area (Å²) in [5.41, 5.74) is 1.43. The predicted octanol–water partition coefficient (Wildman–Crippen LogP) is 2.46. The van der Waals surface area contributed by atoms with Crippen LogP contribution in [-0.2, 0) is 16.6 Å². The van der Waals surface area contributed by atoms with Crippen molar-refractivity contribution < 1.29 is 8.42 Å². The van der Waals surface area contributed by atoms with Crippen molar-refractivity contribution in [3.63, 3.8) is 0 Å². The second-order valence-electron chi connectivity index (χ2n) is 6.81. The fourth-order valence-corrected chi connectivity index (χ4v) is 3.39. The number of hydrogen-bond donors (Lipinski definition) is 3. The van der Waals surface area contributed by atoms with Crippen molar-refractivity contribution in [2.45, 2.75) is 46.3 Å². The summed E-state index contributed by atoms with van der Waals surface area (Å²) in [6.07, 6.45) is 1.15. The average Bonchev–Trinajstić information content (AvgIpc) is 2.53. The Balaban J connectivity index is 0.00000676. The SMILES string of the molecule is CN=C(NCCN(C(C)C)C(C)C)NCc1ccccc1NS(C)(=O)=O.I. The normalized spacial score (nSPS) is 12.3. The van der Waals surface area contributed by atoms with E-state index in [4.69, 9.17) is 0 Å². The van der Waals surface area contributed by atoms with E-state index in [-0.39, 0.29) is 24.0 Å². The number of benzene rings is 1. The third-order valence-electron chi connectivity index (χ3n) is 3.97. The lowest BCUT2D eigenvalue weighted by atomic mass is 10.2. The van der Waals surface area contributed by atoms with Gasteiger partial charge < -0.3 is 10.6 Å². The number of nitrogens with one attached hydrogen (secondary N) is 3. The molecular weight excluding hydrogens is 477 g/mol. The molecule has 9 heteroatoms. The van der Waals surface area contributed by atoms with Gasteiger partial charge in [-0.25, -0.2) is 8.42 Å². The monoisotopic (exact) mass is 511 g/mol. The van der Waals surface area contributed by atoms with E-state index in [1.54, 1.807) is 19.2 Å². The Kier molecular flexibility index (Phi) is 11.9. The first-order valence-corrected chi connectivity index (χ1v) is 10.8. The molecule has 0 unspecified atom stereocenters. The average molecular weight is 511 g/mol. The second-order valence-corrected chi connectivity index (χ2v) is 8.56. The van der Waals surface area contributed by atoms with Gasteiger partial charge in [0, 0.05) is 38.8 Å². The van der Waals surface area contributed by atoms with E-state index >= 15 is 0 Å². The van der Waals surface area contributed by atoms with E-state index in [0.29, 0.717) is 30.3 Å². The molecule has 1 aromatic rings. The van der Waals surface area contributed by atoms with Gasteiger partial charge in [0.2, 0.25) is 10.0 Å². The highest BCUT2D eigenvalue weighted by molar-refractivity contribution is 14.0. The third-order valence-corrected chi connectivity index (χ3v) is 4.56. The van der Waals surface area contributed by atoms with Crippen LogP contribution >= 0.6 is 24.0 Å². The zero-order valence-corrected chi connectivity index (χ0v) is 20.3. The molecule has 7 nitrogen and oxygen atoms in total. The van der Waals surface area contributed by atoms with Crippen LogP contribution in [0.4, 0.5) is 5.69 Å². The van der Waals surface area contributed by atoms with Crippen LogP contribution in [0.15, 0.2) is 29.3 Å². The lowest BCUT2D eigenvalue weighted by molar-refractivity contribution is 0.178. The molecule has 0 spiro atoms. The molecule has 156 valence electrons. The van der Waals surface area contributed by atoms with Crippen molar-refractivity contribution in [1.29, 1.82) is 0 Å². The molecule has 0 aliphatic rings. The van der Waals surface area contributed by atoms with E-state index in [0.717, 1.165) is 24.9 Å². The van der Waals surface area contributed by atoms with Gasteiger partial charge in [0.15, 0.2) is 5.96 Å². The number of para-hydroxylation sites is 1. The molecule has 0 saturated carbocycles. The lowest BCUT2D eigenvalue weighted by Gasteiger charge is -2.30. The van der Waals surface area contributed by atoms with Gasteiger partial charge in [-0.15, -0.1) is 24.0 Å². The molecule has 0 saturated heterocycles. The number of nitrogens with zero attached hydrogens (tertiary/aromatic N) is 2. The highest BCUT2D eigenvalue weighted by Gasteiger charge is 2.13. The summed E-state index contributed by atoms with van der Waals surface area (Å²) < 4.78 is 25.5. The number of aliphatic imine (C=N–C) groups is 1. The van der Waals surface area contributed by atoms with Crippen LogP contribution in [0, 0.1) is 0 Å². The highest BCUT2D eigenvalue weighted by Crippen LogP contribution is 2.15. The quantitative estimate of drug-likeness (QED) is 0.270. The molecule has 0 aromatic heterocycles. The molecule has 0 radical (unpaired) electrons. The first kappa shape index (κ1) is 25.9. The predicted molar refractivity (Wildman–Crippen MR) is 126 cm³/mol. The van der Waals surface area contributed by atoms with E-state index < -0.39 is 10.0 Å². The maximum Gasteiger partial charge on any atom is 0.229 e. The first-order chi connectivity index (χ1) is 12.1. The molecule has 0 aliphatic carbocycles. The minimum Gasteiger partial charge on any atom is -0.355 e. The molecule has 3 N–H and O–H groups in total. The fourth-order valence-electron chi connectivity index (χ4n) is 2.79.